The van der Waals surface area contributed by atoms with Crippen molar-refractivity contribution in [2.75, 3.05) is 11.9 Å². The summed E-state index contributed by atoms with van der Waals surface area (Å²) in [5, 5.41) is 8.38. The van der Waals surface area contributed by atoms with E-state index in [0.29, 0.717) is 39.4 Å². The van der Waals surface area contributed by atoms with Crippen molar-refractivity contribution >= 4 is 50.8 Å². The molecule has 3 aromatic rings. The predicted octanol–water partition coefficient (Wildman–Crippen LogP) is 4.50. The number of para-hydroxylation sites is 1. The maximum absolute atomic E-state index is 12.6. The van der Waals surface area contributed by atoms with Gasteiger partial charge in [0.2, 0.25) is 0 Å². The Morgan fingerprint density at radius 1 is 1.10 bits per heavy atom. The highest BCUT2D eigenvalue weighted by atomic mass is 79.9. The topological polar surface area (TPSA) is 92.6 Å². The first kappa shape index (κ1) is 22.5. The van der Waals surface area contributed by atoms with E-state index in [0.717, 1.165) is 0 Å². The number of halogens is 1. The molecule has 1 aromatic heterocycles. The minimum absolute atomic E-state index is 0.0706. The molecule has 7 nitrogen and oxygen atoms in total. The van der Waals surface area contributed by atoms with Crippen LogP contribution in [0.25, 0.3) is 0 Å². The lowest BCUT2D eigenvalue weighted by Gasteiger charge is -2.14. The highest BCUT2D eigenvalue weighted by Gasteiger charge is 2.15. The van der Waals surface area contributed by atoms with Gasteiger partial charge < -0.3 is 19.8 Å². The SMILES string of the molecule is CCOc1ccc(C(=O)NC(=S)Nc2ccccc2C(=O)NCc2ccco2)cc1Br. The maximum Gasteiger partial charge on any atom is 0.257 e. The summed E-state index contributed by atoms with van der Waals surface area (Å²) in [4.78, 5) is 25.1. The molecule has 9 heteroatoms. The van der Waals surface area contributed by atoms with Crippen LogP contribution in [0.2, 0.25) is 0 Å². The third kappa shape index (κ3) is 6.16. The number of furan rings is 1. The third-order valence-corrected chi connectivity index (χ3v) is 4.97. The van der Waals surface area contributed by atoms with E-state index in [1.807, 2.05) is 6.92 Å². The fourth-order valence-corrected chi connectivity index (χ4v) is 3.41. The van der Waals surface area contributed by atoms with Crippen molar-refractivity contribution in [3.63, 3.8) is 0 Å². The van der Waals surface area contributed by atoms with E-state index >= 15 is 0 Å². The molecule has 3 N–H and O–H groups in total. The van der Waals surface area contributed by atoms with Crippen molar-refractivity contribution in [1.82, 2.24) is 10.6 Å². The fourth-order valence-electron chi connectivity index (χ4n) is 2.71. The van der Waals surface area contributed by atoms with Gasteiger partial charge in [0, 0.05) is 5.56 Å². The summed E-state index contributed by atoms with van der Waals surface area (Å²) >= 11 is 8.65. The van der Waals surface area contributed by atoms with Crippen LogP contribution in [0.1, 0.15) is 33.4 Å². The average Bonchev–Trinajstić information content (AvgIpc) is 3.27. The van der Waals surface area contributed by atoms with Crippen LogP contribution in [0.15, 0.2) is 69.8 Å². The third-order valence-electron chi connectivity index (χ3n) is 4.14. The Labute approximate surface area is 193 Å². The largest absolute Gasteiger partial charge is 0.493 e. The van der Waals surface area contributed by atoms with Gasteiger partial charge in [-0.2, -0.15) is 0 Å². The Morgan fingerprint density at radius 3 is 2.61 bits per heavy atom. The van der Waals surface area contributed by atoms with Crippen molar-refractivity contribution in [2.24, 2.45) is 0 Å². The number of thiocarbonyl (C=S) groups is 1. The Morgan fingerprint density at radius 2 is 1.90 bits per heavy atom. The Balaban J connectivity index is 1.63. The van der Waals surface area contributed by atoms with E-state index in [2.05, 4.69) is 31.9 Å². The van der Waals surface area contributed by atoms with Gasteiger partial charge >= 0.3 is 0 Å². The van der Waals surface area contributed by atoms with E-state index < -0.39 is 0 Å². The van der Waals surface area contributed by atoms with Crippen molar-refractivity contribution < 1.29 is 18.7 Å². The van der Waals surface area contributed by atoms with Gasteiger partial charge in [0.05, 0.1) is 35.1 Å². The van der Waals surface area contributed by atoms with E-state index in [1.165, 1.54) is 0 Å². The molecule has 160 valence electrons. The molecule has 0 saturated heterocycles. The molecular weight excluding hydrogens is 482 g/mol. The lowest BCUT2D eigenvalue weighted by molar-refractivity contribution is 0.0947. The molecular formula is C22H20BrN3O4S. The first-order valence-corrected chi connectivity index (χ1v) is 10.6. The van der Waals surface area contributed by atoms with E-state index in [-0.39, 0.29) is 23.5 Å². The van der Waals surface area contributed by atoms with Crippen molar-refractivity contribution in [1.29, 1.82) is 0 Å². The normalized spacial score (nSPS) is 10.3. The monoisotopic (exact) mass is 501 g/mol. The van der Waals surface area contributed by atoms with Crippen LogP contribution >= 0.6 is 28.1 Å². The van der Waals surface area contributed by atoms with Gasteiger partial charge in [-0.25, -0.2) is 0 Å². The number of anilines is 1. The first-order valence-electron chi connectivity index (χ1n) is 9.42. The number of amides is 2. The van der Waals surface area contributed by atoms with Gasteiger partial charge in [-0.3, -0.25) is 14.9 Å². The Kier molecular flexibility index (Phi) is 7.80. The smallest absolute Gasteiger partial charge is 0.257 e. The van der Waals surface area contributed by atoms with Gasteiger partial charge in [-0.15, -0.1) is 0 Å². The molecule has 0 atom stereocenters. The molecule has 0 aliphatic rings. The summed E-state index contributed by atoms with van der Waals surface area (Å²) in [5.74, 6) is 0.599. The molecule has 2 aromatic carbocycles. The minimum Gasteiger partial charge on any atom is -0.493 e. The number of hydrogen-bond acceptors (Lipinski definition) is 5. The molecule has 0 spiro atoms. The maximum atomic E-state index is 12.6. The number of hydrogen-bond donors (Lipinski definition) is 3. The molecule has 1 heterocycles. The summed E-state index contributed by atoms with van der Waals surface area (Å²) in [6, 6.07) is 15.4. The summed E-state index contributed by atoms with van der Waals surface area (Å²) < 4.78 is 11.3. The molecule has 31 heavy (non-hydrogen) atoms. The standard InChI is InChI=1S/C22H20BrN3O4S/c1-2-29-19-10-9-14(12-17(19)23)20(27)26-22(31)25-18-8-4-3-7-16(18)21(28)24-13-15-6-5-11-30-15/h3-12H,2,13H2,1H3,(H,24,28)(H2,25,26,27,31). The molecule has 0 unspecified atom stereocenters. The fraction of sp³-hybridized carbons (Fsp3) is 0.136. The van der Waals surface area contributed by atoms with Crippen LogP contribution in [-0.2, 0) is 6.54 Å². The van der Waals surface area contributed by atoms with E-state index in [1.54, 1.807) is 60.9 Å². The van der Waals surface area contributed by atoms with Gasteiger partial charge in [-0.1, -0.05) is 12.1 Å². The van der Waals surface area contributed by atoms with Gasteiger partial charge in [0.1, 0.15) is 11.5 Å². The highest BCUT2D eigenvalue weighted by Crippen LogP contribution is 2.26. The molecule has 0 saturated carbocycles. The molecule has 0 fully saturated rings. The predicted molar refractivity (Wildman–Crippen MR) is 125 cm³/mol. The molecule has 0 bridgehead atoms. The molecule has 0 aliphatic heterocycles. The van der Waals surface area contributed by atoms with Crippen LogP contribution < -0.4 is 20.7 Å². The van der Waals surface area contributed by atoms with E-state index in [9.17, 15) is 9.59 Å². The van der Waals surface area contributed by atoms with Crippen LogP contribution in [0.3, 0.4) is 0 Å². The number of benzene rings is 2. The lowest BCUT2D eigenvalue weighted by Crippen LogP contribution is -2.35. The zero-order valence-electron chi connectivity index (χ0n) is 16.6. The van der Waals surface area contributed by atoms with Crippen LogP contribution in [0, 0.1) is 0 Å². The summed E-state index contributed by atoms with van der Waals surface area (Å²) in [6.45, 7) is 2.66. The van der Waals surface area contributed by atoms with Gasteiger partial charge in [0.25, 0.3) is 11.8 Å². The van der Waals surface area contributed by atoms with E-state index in [4.69, 9.17) is 21.4 Å². The van der Waals surface area contributed by atoms with Crippen LogP contribution in [-0.4, -0.2) is 23.5 Å². The molecule has 0 aliphatic carbocycles. The highest BCUT2D eigenvalue weighted by molar-refractivity contribution is 9.10. The zero-order chi connectivity index (χ0) is 22.2. The second kappa shape index (κ2) is 10.7. The Hall–Kier alpha value is -3.17. The number of ether oxygens (including phenoxy) is 1. The number of rotatable bonds is 7. The van der Waals surface area contributed by atoms with Crippen molar-refractivity contribution in [3.8, 4) is 5.75 Å². The summed E-state index contributed by atoms with van der Waals surface area (Å²) in [6.07, 6.45) is 1.54. The van der Waals surface area contributed by atoms with Crippen LogP contribution in [0.4, 0.5) is 5.69 Å². The number of carbonyl (C=O) groups excluding carboxylic acids is 2. The second-order valence-electron chi connectivity index (χ2n) is 6.29. The van der Waals surface area contributed by atoms with Crippen LogP contribution in [0.5, 0.6) is 5.75 Å². The number of carbonyl (C=O) groups is 2. The van der Waals surface area contributed by atoms with Crippen molar-refractivity contribution in [3.05, 3.63) is 82.2 Å². The average molecular weight is 502 g/mol. The van der Waals surface area contributed by atoms with Gasteiger partial charge in [0.15, 0.2) is 5.11 Å². The second-order valence-corrected chi connectivity index (χ2v) is 7.56. The molecule has 0 radical (unpaired) electrons. The molecule has 2 amide bonds. The summed E-state index contributed by atoms with van der Waals surface area (Å²) in [5.41, 5.74) is 1.26. The van der Waals surface area contributed by atoms with Crippen molar-refractivity contribution in [2.45, 2.75) is 13.5 Å². The molecule has 3 rings (SSSR count). The lowest BCUT2D eigenvalue weighted by atomic mass is 10.1. The Bertz CT molecular complexity index is 1090. The van der Waals surface area contributed by atoms with Gasteiger partial charge in [-0.05, 0) is 77.5 Å². The zero-order valence-corrected chi connectivity index (χ0v) is 19.0. The number of nitrogens with one attached hydrogen (secondary N) is 3. The first-order chi connectivity index (χ1) is 15.0. The summed E-state index contributed by atoms with van der Waals surface area (Å²) in [7, 11) is 0. The quantitative estimate of drug-likeness (QED) is 0.412. The minimum atomic E-state index is -0.388.